The normalized spacial score (nSPS) is 23.6. The maximum Gasteiger partial charge on any atom is 0.0355 e. The van der Waals surface area contributed by atoms with Gasteiger partial charge >= 0.3 is 0 Å². The van der Waals surface area contributed by atoms with Crippen LogP contribution in [-0.2, 0) is 21.7 Å². The molecule has 40 heavy (non-hydrogen) atoms. The summed E-state index contributed by atoms with van der Waals surface area (Å²) in [5, 5.41) is 0. The van der Waals surface area contributed by atoms with Gasteiger partial charge in [-0.05, 0) is 99.5 Å². The molecule has 4 aromatic rings. The Morgan fingerprint density at radius 3 is 1.50 bits per heavy atom. The molecule has 6 rings (SSSR count). The van der Waals surface area contributed by atoms with E-state index in [9.17, 15) is 0 Å². The van der Waals surface area contributed by atoms with Gasteiger partial charge in [-0.15, -0.1) is 0 Å². The van der Waals surface area contributed by atoms with Crippen molar-refractivity contribution in [1.82, 2.24) is 0 Å². The number of nitrogens with two attached hydrogens (primary N) is 4. The van der Waals surface area contributed by atoms with E-state index >= 15 is 0 Å². The average Bonchev–Trinajstić information content (AvgIpc) is 3.23. The predicted octanol–water partition coefficient (Wildman–Crippen LogP) is 7.68. The molecule has 0 aromatic heterocycles. The number of hydrogen-bond donors (Lipinski definition) is 4. The lowest BCUT2D eigenvalue weighted by Crippen LogP contribution is -2.23. The lowest BCUT2D eigenvalue weighted by Gasteiger charge is -2.28. The summed E-state index contributed by atoms with van der Waals surface area (Å²) in [5.74, 6) is 0. The molecule has 4 aromatic carbocycles. The van der Waals surface area contributed by atoms with Gasteiger partial charge < -0.3 is 22.9 Å². The maximum absolute atomic E-state index is 6.25. The third kappa shape index (κ3) is 4.50. The summed E-state index contributed by atoms with van der Waals surface area (Å²) >= 11 is 0. The minimum Gasteiger partial charge on any atom is -0.399 e. The number of fused-ring (bicyclic) bond motifs is 2. The monoisotopic (exact) mass is 532 g/mol. The highest BCUT2D eigenvalue weighted by molar-refractivity contribution is 5.63. The zero-order valence-electron chi connectivity index (χ0n) is 24.8. The van der Waals surface area contributed by atoms with Crippen LogP contribution in [0.25, 0.3) is 0 Å². The van der Waals surface area contributed by atoms with E-state index in [4.69, 9.17) is 22.9 Å². The van der Waals surface area contributed by atoms with Crippen LogP contribution in [0.1, 0.15) is 87.8 Å². The molecule has 0 heterocycles. The van der Waals surface area contributed by atoms with Gasteiger partial charge in [-0.1, -0.05) is 84.0 Å². The van der Waals surface area contributed by atoms with E-state index in [0.717, 1.165) is 35.6 Å². The second kappa shape index (κ2) is 9.33. The van der Waals surface area contributed by atoms with Crippen molar-refractivity contribution in [2.24, 2.45) is 0 Å². The van der Waals surface area contributed by atoms with Crippen LogP contribution >= 0.6 is 0 Å². The Kier molecular flexibility index (Phi) is 6.45. The zero-order chi connectivity index (χ0) is 29.1. The van der Waals surface area contributed by atoms with Crippen molar-refractivity contribution < 1.29 is 0 Å². The summed E-state index contributed by atoms with van der Waals surface area (Å²) in [5.41, 5.74) is 35.6. The summed E-state index contributed by atoms with van der Waals surface area (Å²) in [6.07, 6.45) is 2.15. The van der Waals surface area contributed by atoms with Crippen molar-refractivity contribution in [2.75, 3.05) is 22.9 Å². The fourth-order valence-electron chi connectivity index (χ4n) is 7.75. The molecule has 4 heteroatoms. The number of rotatable bonds is 2. The van der Waals surface area contributed by atoms with E-state index in [-0.39, 0.29) is 21.7 Å². The molecular weight excluding hydrogens is 488 g/mol. The SMILES string of the molecule is CC1(C)CC(C)(c2ccc(N)cc2)c2ccc(N)cc21.CC1(C)CC(C)(c2ccc(N)cc2)c2cccc(N)c21. The van der Waals surface area contributed by atoms with Crippen molar-refractivity contribution in [3.8, 4) is 0 Å². The molecule has 0 amide bonds. The highest BCUT2D eigenvalue weighted by Crippen LogP contribution is 2.55. The molecule has 2 aliphatic carbocycles. The summed E-state index contributed by atoms with van der Waals surface area (Å²) in [7, 11) is 0. The Morgan fingerprint density at radius 1 is 0.475 bits per heavy atom. The van der Waals surface area contributed by atoms with Gasteiger partial charge in [-0.3, -0.25) is 0 Å². The standard InChI is InChI=1S/2C18H22N2/c1-17(2)11-18(3,12-4-6-13(19)7-5-12)15-9-8-14(20)10-16(15)17;1-17(2)11-18(3,12-7-9-13(19)10-8-12)14-5-4-6-15(20)16(14)17/h2*4-10H,11,19-20H2,1-3H3. The highest BCUT2D eigenvalue weighted by atomic mass is 14.6. The summed E-state index contributed by atoms with van der Waals surface area (Å²) < 4.78 is 0. The van der Waals surface area contributed by atoms with Crippen LogP contribution in [-0.4, -0.2) is 0 Å². The zero-order valence-corrected chi connectivity index (χ0v) is 24.8. The summed E-state index contributed by atoms with van der Waals surface area (Å²) in [6.45, 7) is 13.8. The number of benzene rings is 4. The Hall–Kier alpha value is -3.92. The molecule has 0 radical (unpaired) electrons. The van der Waals surface area contributed by atoms with Crippen molar-refractivity contribution >= 4 is 22.7 Å². The quantitative estimate of drug-likeness (QED) is 0.199. The molecule has 8 N–H and O–H groups in total. The second-order valence-electron chi connectivity index (χ2n) is 13.6. The van der Waals surface area contributed by atoms with Gasteiger partial charge in [0.05, 0.1) is 0 Å². The van der Waals surface area contributed by atoms with E-state index < -0.39 is 0 Å². The second-order valence-corrected chi connectivity index (χ2v) is 13.6. The Morgan fingerprint density at radius 2 is 0.950 bits per heavy atom. The van der Waals surface area contributed by atoms with Crippen LogP contribution < -0.4 is 22.9 Å². The smallest absolute Gasteiger partial charge is 0.0355 e. The molecule has 0 spiro atoms. The van der Waals surface area contributed by atoms with Crippen LogP contribution in [0.2, 0.25) is 0 Å². The largest absolute Gasteiger partial charge is 0.399 e. The van der Waals surface area contributed by atoms with Crippen molar-refractivity contribution in [3.63, 3.8) is 0 Å². The molecule has 2 aliphatic rings. The molecule has 0 bridgehead atoms. The first-order valence-corrected chi connectivity index (χ1v) is 14.2. The first-order chi connectivity index (χ1) is 18.7. The minimum atomic E-state index is 0.00190. The van der Waals surface area contributed by atoms with Gasteiger partial charge in [0.2, 0.25) is 0 Å². The Bertz CT molecular complexity index is 1550. The number of hydrogen-bond acceptors (Lipinski definition) is 4. The topological polar surface area (TPSA) is 104 Å². The van der Waals surface area contributed by atoms with Crippen molar-refractivity contribution in [3.05, 3.63) is 118 Å². The van der Waals surface area contributed by atoms with Gasteiger partial charge in [0, 0.05) is 33.6 Å². The number of nitrogen functional groups attached to an aromatic ring is 4. The van der Waals surface area contributed by atoms with Gasteiger partial charge in [0.25, 0.3) is 0 Å². The fourth-order valence-corrected chi connectivity index (χ4v) is 7.75. The molecule has 0 aliphatic heterocycles. The molecule has 0 saturated carbocycles. The molecule has 208 valence electrons. The molecular formula is C36H44N4. The predicted molar refractivity (Wildman–Crippen MR) is 172 cm³/mol. The van der Waals surface area contributed by atoms with Crippen LogP contribution in [0.4, 0.5) is 22.7 Å². The van der Waals surface area contributed by atoms with E-state index in [2.05, 4.69) is 90.1 Å². The third-order valence-corrected chi connectivity index (χ3v) is 9.42. The maximum atomic E-state index is 6.25. The van der Waals surface area contributed by atoms with Crippen LogP contribution in [0.15, 0.2) is 84.9 Å². The van der Waals surface area contributed by atoms with E-state index in [1.807, 2.05) is 36.4 Å². The molecule has 4 nitrogen and oxygen atoms in total. The highest BCUT2D eigenvalue weighted by Gasteiger charge is 2.47. The fraction of sp³-hybridized carbons (Fsp3) is 0.333. The lowest BCUT2D eigenvalue weighted by atomic mass is 9.75. The van der Waals surface area contributed by atoms with E-state index in [1.54, 1.807) is 0 Å². The first kappa shape index (κ1) is 27.6. The molecule has 2 atom stereocenters. The summed E-state index contributed by atoms with van der Waals surface area (Å²) in [4.78, 5) is 0. The van der Waals surface area contributed by atoms with Gasteiger partial charge in [0.15, 0.2) is 0 Å². The van der Waals surface area contributed by atoms with Gasteiger partial charge in [0.1, 0.15) is 0 Å². The van der Waals surface area contributed by atoms with Crippen LogP contribution in [0, 0.1) is 0 Å². The first-order valence-electron chi connectivity index (χ1n) is 14.2. The molecule has 0 fully saturated rings. The van der Waals surface area contributed by atoms with Crippen LogP contribution in [0.5, 0.6) is 0 Å². The number of anilines is 4. The van der Waals surface area contributed by atoms with E-state index in [0.29, 0.717) is 0 Å². The van der Waals surface area contributed by atoms with Crippen molar-refractivity contribution in [2.45, 2.75) is 76.0 Å². The van der Waals surface area contributed by atoms with E-state index in [1.165, 1.54) is 33.4 Å². The van der Waals surface area contributed by atoms with Crippen molar-refractivity contribution in [1.29, 1.82) is 0 Å². The Balaban J connectivity index is 0.000000161. The third-order valence-electron chi connectivity index (χ3n) is 9.42. The molecule has 2 unspecified atom stereocenters. The summed E-state index contributed by atoms with van der Waals surface area (Å²) in [6, 6.07) is 29.2. The van der Waals surface area contributed by atoms with Gasteiger partial charge in [-0.25, -0.2) is 0 Å². The average molecular weight is 533 g/mol. The Labute approximate surface area is 239 Å². The lowest BCUT2D eigenvalue weighted by molar-refractivity contribution is 0.425. The van der Waals surface area contributed by atoms with Gasteiger partial charge in [-0.2, -0.15) is 0 Å². The molecule has 0 saturated heterocycles. The minimum absolute atomic E-state index is 0.00190. The van der Waals surface area contributed by atoms with Crippen LogP contribution in [0.3, 0.4) is 0 Å².